The maximum Gasteiger partial charge on any atom is 0.307 e. The third-order valence-corrected chi connectivity index (χ3v) is 5.43. The molecule has 8 heteroatoms. The van der Waals surface area contributed by atoms with Crippen molar-refractivity contribution in [1.29, 1.82) is 5.26 Å². The Balaban J connectivity index is 1.39. The minimum atomic E-state index is -0.473. The molecule has 0 unspecified atom stereocenters. The molecule has 1 heterocycles. The lowest BCUT2D eigenvalue weighted by molar-refractivity contribution is 0.0929. The van der Waals surface area contributed by atoms with Gasteiger partial charge in [0.2, 0.25) is 0 Å². The summed E-state index contributed by atoms with van der Waals surface area (Å²) in [5.41, 5.74) is 5.10. The number of methoxy groups -OCH3 is 1. The van der Waals surface area contributed by atoms with E-state index in [2.05, 4.69) is 32.5 Å². The number of halogens is 1. The Labute approximate surface area is 198 Å². The molecule has 0 bridgehead atoms. The van der Waals surface area contributed by atoms with Crippen molar-refractivity contribution in [3.05, 3.63) is 93.7 Å². The number of furan rings is 1. The number of benzene rings is 3. The van der Waals surface area contributed by atoms with Gasteiger partial charge in [-0.3, -0.25) is 4.79 Å². The maximum absolute atomic E-state index is 12.4. The van der Waals surface area contributed by atoms with E-state index in [-0.39, 0.29) is 12.4 Å². The Morgan fingerprint density at radius 3 is 2.79 bits per heavy atom. The van der Waals surface area contributed by atoms with E-state index in [0.717, 1.165) is 21.0 Å². The number of nitrogens with zero attached hydrogens (tertiary/aromatic N) is 2. The third kappa shape index (κ3) is 5.05. The van der Waals surface area contributed by atoms with Crippen LogP contribution in [0.3, 0.4) is 0 Å². The highest BCUT2D eigenvalue weighted by atomic mass is 79.9. The summed E-state index contributed by atoms with van der Waals surface area (Å²) < 4.78 is 17.4. The molecule has 4 rings (SSSR count). The highest BCUT2D eigenvalue weighted by molar-refractivity contribution is 9.10. The Morgan fingerprint density at radius 1 is 1.15 bits per heavy atom. The van der Waals surface area contributed by atoms with Gasteiger partial charge in [0.25, 0.3) is 0 Å². The predicted molar refractivity (Wildman–Crippen MR) is 127 cm³/mol. The number of hydrogen-bond donors (Lipinski definition) is 1. The van der Waals surface area contributed by atoms with E-state index in [1.165, 1.54) is 6.21 Å². The smallest absolute Gasteiger partial charge is 0.307 e. The molecule has 1 aromatic heterocycles. The minimum absolute atomic E-state index is 0.134. The standard InChI is InChI=1S/C25H18BrN3O4/c1-31-22-8-4-7-17-12-23(33-24(17)22)25(30)29-28-14-16-9-10-21(20(26)11-16)32-15-19-6-3-2-5-18(19)13-27/h2-12,14H,15H2,1H3,(H,29,30)/b28-14-. The quantitative estimate of drug-likeness (QED) is 0.268. The molecule has 0 radical (unpaired) electrons. The Kier molecular flexibility index (Phi) is 6.72. The predicted octanol–water partition coefficient (Wildman–Crippen LogP) is 5.42. The van der Waals surface area contributed by atoms with Gasteiger partial charge in [-0.05, 0) is 57.9 Å². The SMILES string of the molecule is COc1cccc2cc(C(=O)N/N=C\c3ccc(OCc4ccccc4C#N)c(Br)c3)oc12. The van der Waals surface area contributed by atoms with Crippen LogP contribution in [0.1, 0.15) is 27.2 Å². The van der Waals surface area contributed by atoms with Crippen LogP contribution in [0.15, 0.2) is 80.7 Å². The first kappa shape index (κ1) is 22.1. The van der Waals surface area contributed by atoms with Gasteiger partial charge in [0.05, 0.1) is 29.4 Å². The number of para-hydroxylation sites is 1. The first-order valence-electron chi connectivity index (χ1n) is 9.89. The fourth-order valence-electron chi connectivity index (χ4n) is 3.15. The van der Waals surface area contributed by atoms with Crippen LogP contribution in [-0.2, 0) is 6.61 Å². The molecule has 164 valence electrons. The van der Waals surface area contributed by atoms with Gasteiger partial charge in [-0.15, -0.1) is 0 Å². The molecule has 0 aliphatic rings. The lowest BCUT2D eigenvalue weighted by Crippen LogP contribution is -2.16. The van der Waals surface area contributed by atoms with Crippen LogP contribution < -0.4 is 14.9 Å². The van der Waals surface area contributed by atoms with Gasteiger partial charge in [-0.1, -0.05) is 30.3 Å². The van der Waals surface area contributed by atoms with Crippen LogP contribution in [0, 0.1) is 11.3 Å². The molecule has 4 aromatic rings. The number of carbonyl (C=O) groups excluding carboxylic acids is 1. The number of hydrogen-bond acceptors (Lipinski definition) is 6. The average Bonchev–Trinajstić information content (AvgIpc) is 3.28. The topological polar surface area (TPSA) is 96.9 Å². The van der Waals surface area contributed by atoms with Crippen molar-refractivity contribution in [1.82, 2.24) is 5.43 Å². The molecule has 0 spiro atoms. The second-order valence-electron chi connectivity index (χ2n) is 6.94. The van der Waals surface area contributed by atoms with Crippen molar-refractivity contribution in [2.75, 3.05) is 7.11 Å². The van der Waals surface area contributed by atoms with Crippen molar-refractivity contribution in [3.8, 4) is 17.6 Å². The number of nitrogens with one attached hydrogen (secondary N) is 1. The molecule has 0 saturated carbocycles. The zero-order valence-corrected chi connectivity index (χ0v) is 19.1. The van der Waals surface area contributed by atoms with Gasteiger partial charge >= 0.3 is 5.91 Å². The van der Waals surface area contributed by atoms with Crippen LogP contribution in [0.25, 0.3) is 11.0 Å². The summed E-state index contributed by atoms with van der Waals surface area (Å²) in [5, 5.41) is 14.0. The van der Waals surface area contributed by atoms with E-state index in [9.17, 15) is 10.1 Å². The highest BCUT2D eigenvalue weighted by Gasteiger charge is 2.14. The van der Waals surface area contributed by atoms with E-state index in [0.29, 0.717) is 22.6 Å². The van der Waals surface area contributed by atoms with Crippen molar-refractivity contribution in [2.24, 2.45) is 5.10 Å². The molecule has 0 aliphatic carbocycles. The third-order valence-electron chi connectivity index (χ3n) is 4.81. The largest absolute Gasteiger partial charge is 0.493 e. The van der Waals surface area contributed by atoms with Gasteiger partial charge in [-0.2, -0.15) is 10.4 Å². The highest BCUT2D eigenvalue weighted by Crippen LogP contribution is 2.29. The lowest BCUT2D eigenvalue weighted by atomic mass is 10.1. The summed E-state index contributed by atoms with van der Waals surface area (Å²) in [6.07, 6.45) is 1.51. The number of rotatable bonds is 7. The molecule has 0 atom stereocenters. The Morgan fingerprint density at radius 2 is 2.00 bits per heavy atom. The molecule has 3 aromatic carbocycles. The second-order valence-corrected chi connectivity index (χ2v) is 7.79. The first-order chi connectivity index (χ1) is 16.1. The van der Waals surface area contributed by atoms with Crippen molar-refractivity contribution in [2.45, 2.75) is 6.61 Å². The van der Waals surface area contributed by atoms with Crippen molar-refractivity contribution < 1.29 is 18.7 Å². The van der Waals surface area contributed by atoms with E-state index in [1.54, 1.807) is 37.4 Å². The zero-order valence-electron chi connectivity index (χ0n) is 17.5. The van der Waals surface area contributed by atoms with Gasteiger partial charge < -0.3 is 13.9 Å². The van der Waals surface area contributed by atoms with E-state index in [1.807, 2.05) is 36.4 Å². The number of amides is 1. The van der Waals surface area contributed by atoms with Crippen LogP contribution in [0.2, 0.25) is 0 Å². The number of hydrazone groups is 1. The van der Waals surface area contributed by atoms with Gasteiger partial charge in [0, 0.05) is 10.9 Å². The van der Waals surface area contributed by atoms with Crippen molar-refractivity contribution in [3.63, 3.8) is 0 Å². The van der Waals surface area contributed by atoms with E-state index in [4.69, 9.17) is 13.9 Å². The molecule has 33 heavy (non-hydrogen) atoms. The normalized spacial score (nSPS) is 10.8. The molecular weight excluding hydrogens is 486 g/mol. The summed E-state index contributed by atoms with van der Waals surface area (Å²) in [6.45, 7) is 0.272. The van der Waals surface area contributed by atoms with Gasteiger partial charge in [0.15, 0.2) is 17.1 Å². The molecule has 0 fully saturated rings. The first-order valence-corrected chi connectivity index (χ1v) is 10.7. The molecule has 0 aliphatic heterocycles. The molecule has 7 nitrogen and oxygen atoms in total. The van der Waals surface area contributed by atoms with Crippen LogP contribution in [0.4, 0.5) is 0 Å². The fourth-order valence-corrected chi connectivity index (χ4v) is 3.67. The zero-order chi connectivity index (χ0) is 23.2. The van der Waals surface area contributed by atoms with Crippen molar-refractivity contribution >= 4 is 39.0 Å². The summed E-state index contributed by atoms with van der Waals surface area (Å²) in [6, 6.07) is 21.9. The van der Waals surface area contributed by atoms with Gasteiger partial charge in [-0.25, -0.2) is 5.43 Å². The number of fused-ring (bicyclic) bond motifs is 1. The summed E-state index contributed by atoms with van der Waals surface area (Å²) in [5.74, 6) is 0.840. The Hall–Kier alpha value is -4.09. The maximum atomic E-state index is 12.4. The lowest BCUT2D eigenvalue weighted by Gasteiger charge is -2.09. The number of ether oxygens (including phenoxy) is 2. The van der Waals surface area contributed by atoms with Crippen LogP contribution in [0.5, 0.6) is 11.5 Å². The van der Waals surface area contributed by atoms with Gasteiger partial charge in [0.1, 0.15) is 12.4 Å². The Bertz CT molecular complexity index is 1390. The average molecular weight is 504 g/mol. The fraction of sp³-hybridized carbons (Fsp3) is 0.0800. The second kappa shape index (κ2) is 10.0. The number of nitriles is 1. The molecule has 1 N–H and O–H groups in total. The monoisotopic (exact) mass is 503 g/mol. The summed E-state index contributed by atoms with van der Waals surface area (Å²) in [7, 11) is 1.54. The van der Waals surface area contributed by atoms with Crippen LogP contribution in [-0.4, -0.2) is 19.2 Å². The molecular formula is C25H18BrN3O4. The molecule has 0 saturated heterocycles. The molecule has 1 amide bonds. The van der Waals surface area contributed by atoms with Crippen LogP contribution >= 0.6 is 15.9 Å². The number of carbonyl (C=O) groups is 1. The van der Waals surface area contributed by atoms with E-state index < -0.39 is 5.91 Å². The summed E-state index contributed by atoms with van der Waals surface area (Å²) in [4.78, 5) is 12.4. The minimum Gasteiger partial charge on any atom is -0.493 e. The summed E-state index contributed by atoms with van der Waals surface area (Å²) >= 11 is 3.48. The van der Waals surface area contributed by atoms with E-state index >= 15 is 0 Å².